The van der Waals surface area contributed by atoms with Crippen LogP contribution < -0.4 is 5.32 Å². The molecule has 0 unspecified atom stereocenters. The molecule has 2 aromatic rings. The van der Waals surface area contributed by atoms with Crippen molar-refractivity contribution < 1.29 is 14.7 Å². The number of rotatable bonds is 8. The summed E-state index contributed by atoms with van der Waals surface area (Å²) in [4.78, 5) is 26.3. The molecular formula is C16H19N3O3. The van der Waals surface area contributed by atoms with Gasteiger partial charge in [-0.1, -0.05) is 6.42 Å². The highest BCUT2D eigenvalue weighted by Gasteiger charge is 2.05. The molecule has 1 aromatic heterocycles. The lowest BCUT2D eigenvalue weighted by molar-refractivity contribution is -0.137. The monoisotopic (exact) mass is 301 g/mol. The van der Waals surface area contributed by atoms with Crippen LogP contribution in [0.4, 0.5) is 0 Å². The van der Waals surface area contributed by atoms with Crippen LogP contribution in [0.2, 0.25) is 0 Å². The summed E-state index contributed by atoms with van der Waals surface area (Å²) in [7, 11) is 0. The average molecular weight is 301 g/mol. The van der Waals surface area contributed by atoms with Gasteiger partial charge in [-0.25, -0.2) is 4.98 Å². The number of imidazole rings is 1. The Bertz CT molecular complexity index is 606. The van der Waals surface area contributed by atoms with Crippen molar-refractivity contribution in [2.45, 2.75) is 25.7 Å². The van der Waals surface area contributed by atoms with Gasteiger partial charge >= 0.3 is 5.97 Å². The Morgan fingerprint density at radius 1 is 1.14 bits per heavy atom. The number of aliphatic carboxylic acids is 1. The van der Waals surface area contributed by atoms with Crippen LogP contribution in [-0.2, 0) is 4.79 Å². The number of hydrogen-bond donors (Lipinski definition) is 2. The molecule has 6 nitrogen and oxygen atoms in total. The highest BCUT2D eigenvalue weighted by Crippen LogP contribution is 2.09. The third-order valence-electron chi connectivity index (χ3n) is 3.29. The van der Waals surface area contributed by atoms with Gasteiger partial charge in [0.15, 0.2) is 0 Å². The van der Waals surface area contributed by atoms with Crippen molar-refractivity contribution in [2.75, 3.05) is 6.54 Å². The van der Waals surface area contributed by atoms with Gasteiger partial charge in [-0.05, 0) is 37.1 Å². The quantitative estimate of drug-likeness (QED) is 0.732. The van der Waals surface area contributed by atoms with E-state index in [1.807, 2.05) is 22.9 Å². The molecule has 116 valence electrons. The fourth-order valence-electron chi connectivity index (χ4n) is 2.08. The number of carbonyl (C=O) groups is 2. The van der Waals surface area contributed by atoms with Gasteiger partial charge in [-0.3, -0.25) is 9.59 Å². The number of aromatic nitrogens is 2. The van der Waals surface area contributed by atoms with Crippen LogP contribution >= 0.6 is 0 Å². The second-order valence-electron chi connectivity index (χ2n) is 4.98. The summed E-state index contributed by atoms with van der Waals surface area (Å²) < 4.78 is 1.87. The number of hydrogen-bond acceptors (Lipinski definition) is 3. The Morgan fingerprint density at radius 3 is 2.55 bits per heavy atom. The van der Waals surface area contributed by atoms with E-state index < -0.39 is 5.97 Å². The topological polar surface area (TPSA) is 84.2 Å². The van der Waals surface area contributed by atoms with Crippen LogP contribution in [0.5, 0.6) is 0 Å². The van der Waals surface area contributed by atoms with Crippen molar-refractivity contribution in [1.82, 2.24) is 14.9 Å². The minimum absolute atomic E-state index is 0.115. The maximum Gasteiger partial charge on any atom is 0.303 e. The zero-order chi connectivity index (χ0) is 15.8. The van der Waals surface area contributed by atoms with Gasteiger partial charge in [0.2, 0.25) is 0 Å². The molecule has 1 amide bonds. The molecule has 0 bridgehead atoms. The van der Waals surface area contributed by atoms with Crippen LogP contribution in [0.1, 0.15) is 36.0 Å². The van der Waals surface area contributed by atoms with Crippen molar-refractivity contribution in [1.29, 1.82) is 0 Å². The molecule has 0 atom stereocenters. The molecule has 1 aromatic carbocycles. The van der Waals surface area contributed by atoms with E-state index in [0.29, 0.717) is 18.5 Å². The lowest BCUT2D eigenvalue weighted by Gasteiger charge is -2.06. The Hall–Kier alpha value is -2.63. The molecule has 0 saturated carbocycles. The molecule has 2 N–H and O–H groups in total. The molecule has 0 spiro atoms. The van der Waals surface area contributed by atoms with Gasteiger partial charge in [-0.15, -0.1) is 0 Å². The van der Waals surface area contributed by atoms with E-state index in [0.717, 1.165) is 18.5 Å². The molecule has 6 heteroatoms. The molecule has 1 heterocycles. The van der Waals surface area contributed by atoms with Crippen LogP contribution in [-0.4, -0.2) is 33.1 Å². The zero-order valence-electron chi connectivity index (χ0n) is 12.2. The number of carboxylic acid groups (broad SMARTS) is 1. The predicted molar refractivity (Wildman–Crippen MR) is 82.0 cm³/mol. The summed E-state index contributed by atoms with van der Waals surface area (Å²) in [5, 5.41) is 11.4. The maximum atomic E-state index is 12.0. The summed E-state index contributed by atoms with van der Waals surface area (Å²) >= 11 is 0. The first-order valence-electron chi connectivity index (χ1n) is 7.25. The number of benzene rings is 1. The van der Waals surface area contributed by atoms with Gasteiger partial charge in [0.25, 0.3) is 5.91 Å². The van der Waals surface area contributed by atoms with E-state index in [1.54, 1.807) is 24.7 Å². The number of nitrogens with one attached hydrogen (secondary N) is 1. The van der Waals surface area contributed by atoms with Crippen molar-refractivity contribution in [3.05, 3.63) is 48.5 Å². The van der Waals surface area contributed by atoms with Crippen molar-refractivity contribution in [3.8, 4) is 5.69 Å². The van der Waals surface area contributed by atoms with E-state index in [9.17, 15) is 9.59 Å². The third-order valence-corrected chi connectivity index (χ3v) is 3.29. The average Bonchev–Trinajstić information content (AvgIpc) is 3.05. The summed E-state index contributed by atoms with van der Waals surface area (Å²) in [6, 6.07) is 7.27. The molecule has 0 aliphatic rings. The molecule has 22 heavy (non-hydrogen) atoms. The molecule has 0 radical (unpaired) electrons. The van der Waals surface area contributed by atoms with E-state index in [2.05, 4.69) is 10.3 Å². The van der Waals surface area contributed by atoms with Crippen LogP contribution in [0.15, 0.2) is 43.0 Å². The van der Waals surface area contributed by atoms with Crippen LogP contribution in [0, 0.1) is 0 Å². The van der Waals surface area contributed by atoms with E-state index in [4.69, 9.17) is 5.11 Å². The van der Waals surface area contributed by atoms with Gasteiger partial charge < -0.3 is 15.0 Å². The standard InChI is InChI=1S/C16H19N3O3/c20-15(21)4-2-1-3-9-18-16(22)13-5-7-14(8-6-13)19-11-10-17-12-19/h5-8,10-12H,1-4,9H2,(H,18,22)(H,20,21). The van der Waals surface area contributed by atoms with Gasteiger partial charge in [0, 0.05) is 36.6 Å². The highest BCUT2D eigenvalue weighted by molar-refractivity contribution is 5.94. The second kappa shape index (κ2) is 7.97. The first-order valence-corrected chi connectivity index (χ1v) is 7.25. The molecule has 2 rings (SSSR count). The second-order valence-corrected chi connectivity index (χ2v) is 4.98. The maximum absolute atomic E-state index is 12.0. The molecule has 0 aliphatic carbocycles. The fourth-order valence-corrected chi connectivity index (χ4v) is 2.08. The van der Waals surface area contributed by atoms with Crippen molar-refractivity contribution in [3.63, 3.8) is 0 Å². The first-order chi connectivity index (χ1) is 10.7. The van der Waals surface area contributed by atoms with E-state index >= 15 is 0 Å². The molecular weight excluding hydrogens is 282 g/mol. The van der Waals surface area contributed by atoms with E-state index in [1.165, 1.54) is 0 Å². The van der Waals surface area contributed by atoms with Gasteiger partial charge in [-0.2, -0.15) is 0 Å². The zero-order valence-corrected chi connectivity index (χ0v) is 12.2. The number of carbonyl (C=O) groups excluding carboxylic acids is 1. The van der Waals surface area contributed by atoms with Crippen LogP contribution in [0.3, 0.4) is 0 Å². The normalized spacial score (nSPS) is 10.4. The molecule has 0 aliphatic heterocycles. The minimum Gasteiger partial charge on any atom is -0.481 e. The van der Waals surface area contributed by atoms with Gasteiger partial charge in [0.1, 0.15) is 0 Å². The first kappa shape index (κ1) is 15.8. The number of unbranched alkanes of at least 4 members (excludes halogenated alkanes) is 2. The minimum atomic E-state index is -0.776. The lowest BCUT2D eigenvalue weighted by Crippen LogP contribution is -2.24. The Balaban J connectivity index is 1.74. The Morgan fingerprint density at radius 2 is 1.91 bits per heavy atom. The summed E-state index contributed by atoms with van der Waals surface area (Å²) in [6.07, 6.45) is 7.65. The Labute approximate surface area is 128 Å². The van der Waals surface area contributed by atoms with Crippen molar-refractivity contribution >= 4 is 11.9 Å². The number of nitrogens with zero attached hydrogens (tertiary/aromatic N) is 2. The smallest absolute Gasteiger partial charge is 0.303 e. The third kappa shape index (κ3) is 4.73. The molecule has 0 fully saturated rings. The summed E-state index contributed by atoms with van der Waals surface area (Å²) in [5.41, 5.74) is 1.55. The fraction of sp³-hybridized carbons (Fsp3) is 0.312. The van der Waals surface area contributed by atoms with Crippen molar-refractivity contribution in [2.24, 2.45) is 0 Å². The summed E-state index contributed by atoms with van der Waals surface area (Å²) in [5.74, 6) is -0.891. The molecule has 0 saturated heterocycles. The summed E-state index contributed by atoms with van der Waals surface area (Å²) in [6.45, 7) is 0.557. The van der Waals surface area contributed by atoms with E-state index in [-0.39, 0.29) is 12.3 Å². The van der Waals surface area contributed by atoms with Gasteiger partial charge in [0.05, 0.1) is 6.33 Å². The van der Waals surface area contributed by atoms with Crippen LogP contribution in [0.25, 0.3) is 5.69 Å². The lowest BCUT2D eigenvalue weighted by atomic mass is 10.1. The Kier molecular flexibility index (Phi) is 5.71. The SMILES string of the molecule is O=C(O)CCCCCNC(=O)c1ccc(-n2ccnc2)cc1. The largest absolute Gasteiger partial charge is 0.481 e. The highest BCUT2D eigenvalue weighted by atomic mass is 16.4. The number of amides is 1. The predicted octanol–water partition coefficient (Wildman–Crippen LogP) is 2.25. The number of carboxylic acids is 1.